The summed E-state index contributed by atoms with van der Waals surface area (Å²) in [6, 6.07) is 23.4. The van der Waals surface area contributed by atoms with Gasteiger partial charge in [0.15, 0.2) is 5.78 Å². The first kappa shape index (κ1) is 21.3. The fraction of sp³-hybridized carbons (Fsp3) is 0.185. The van der Waals surface area contributed by atoms with Gasteiger partial charge in [-0.05, 0) is 31.0 Å². The maximum absolute atomic E-state index is 13.9. The van der Waals surface area contributed by atoms with Crippen molar-refractivity contribution >= 4 is 32.5 Å². The van der Waals surface area contributed by atoms with Crippen LogP contribution in [0, 0.1) is 5.92 Å². The van der Waals surface area contributed by atoms with Crippen LogP contribution in [0.15, 0.2) is 89.8 Å². The molecule has 5 nitrogen and oxygen atoms in total. The Labute approximate surface area is 192 Å². The van der Waals surface area contributed by atoms with Gasteiger partial charge in [0, 0.05) is 16.9 Å². The van der Waals surface area contributed by atoms with Crippen molar-refractivity contribution in [3.63, 3.8) is 0 Å². The molecule has 0 amide bonds. The molecule has 0 atom stereocenters. The third kappa shape index (κ3) is 3.60. The van der Waals surface area contributed by atoms with E-state index >= 15 is 0 Å². The quantitative estimate of drug-likeness (QED) is 0.359. The van der Waals surface area contributed by atoms with E-state index in [4.69, 9.17) is 0 Å². The molecular weight excluding hydrogens is 434 g/mol. The van der Waals surface area contributed by atoms with Crippen molar-refractivity contribution < 1.29 is 18.0 Å². The second-order valence-corrected chi connectivity index (χ2v) is 10.2. The molecule has 6 heteroatoms. The van der Waals surface area contributed by atoms with Crippen molar-refractivity contribution in [2.24, 2.45) is 5.92 Å². The van der Waals surface area contributed by atoms with E-state index in [9.17, 15) is 18.0 Å². The Hall–Kier alpha value is -3.51. The number of para-hydroxylation sites is 1. The molecule has 5 rings (SSSR count). The minimum atomic E-state index is -4.14. The lowest BCUT2D eigenvalue weighted by Crippen LogP contribution is -2.22. The van der Waals surface area contributed by atoms with Crippen molar-refractivity contribution in [2.45, 2.75) is 30.6 Å². The van der Waals surface area contributed by atoms with Crippen LogP contribution in [0.2, 0.25) is 0 Å². The average molecular weight is 458 g/mol. The molecule has 1 heterocycles. The number of benzene rings is 3. The van der Waals surface area contributed by atoms with Gasteiger partial charge >= 0.3 is 0 Å². The summed E-state index contributed by atoms with van der Waals surface area (Å²) < 4.78 is 28.8. The Morgan fingerprint density at radius 3 is 2.00 bits per heavy atom. The van der Waals surface area contributed by atoms with Gasteiger partial charge in [-0.1, -0.05) is 79.6 Å². The number of carbonyl (C=O) groups is 2. The van der Waals surface area contributed by atoms with Gasteiger partial charge in [-0.25, -0.2) is 12.4 Å². The zero-order valence-corrected chi connectivity index (χ0v) is 18.8. The Kier molecular flexibility index (Phi) is 5.46. The molecule has 1 aliphatic carbocycles. The number of rotatable bonds is 6. The van der Waals surface area contributed by atoms with Gasteiger partial charge < -0.3 is 0 Å². The lowest BCUT2D eigenvalue weighted by Gasteiger charge is -2.14. The molecule has 1 fully saturated rings. The van der Waals surface area contributed by atoms with Gasteiger partial charge in [0.1, 0.15) is 5.69 Å². The summed E-state index contributed by atoms with van der Waals surface area (Å²) in [6.07, 6.45) is 3.42. The molecule has 4 aromatic rings. The molecule has 0 aliphatic heterocycles. The van der Waals surface area contributed by atoms with Gasteiger partial charge in [0.2, 0.25) is 5.78 Å². The molecule has 0 radical (unpaired) electrons. The van der Waals surface area contributed by atoms with Crippen LogP contribution in [-0.2, 0) is 10.0 Å². The zero-order chi connectivity index (χ0) is 23.0. The molecule has 1 aromatic heterocycles. The molecule has 0 unspecified atom stereocenters. The summed E-state index contributed by atoms with van der Waals surface area (Å²) in [6.45, 7) is 0. The third-order valence-corrected chi connectivity index (χ3v) is 8.06. The van der Waals surface area contributed by atoms with Crippen LogP contribution in [0.5, 0.6) is 0 Å². The van der Waals surface area contributed by atoms with E-state index in [2.05, 4.69) is 0 Å². The maximum atomic E-state index is 13.9. The molecule has 1 aliphatic rings. The first-order chi connectivity index (χ1) is 16.0. The molecule has 166 valence electrons. The van der Waals surface area contributed by atoms with E-state index < -0.39 is 15.8 Å². The third-order valence-electron chi connectivity index (χ3n) is 6.34. The van der Waals surface area contributed by atoms with E-state index in [-0.39, 0.29) is 27.9 Å². The fourth-order valence-corrected chi connectivity index (χ4v) is 6.28. The summed E-state index contributed by atoms with van der Waals surface area (Å²) in [4.78, 5) is 27.6. The Bertz CT molecular complexity index is 1450. The SMILES string of the molecule is O=C(c1ccccc1)c1c(C(=O)C2CCCC2)c2ccccc2n1S(=O)(=O)c1ccccc1. The Balaban J connectivity index is 1.86. The van der Waals surface area contributed by atoms with E-state index in [0.29, 0.717) is 16.5 Å². The minimum Gasteiger partial charge on any atom is -0.294 e. The number of hydrogen-bond acceptors (Lipinski definition) is 4. The summed E-state index contributed by atoms with van der Waals surface area (Å²) in [5.74, 6) is -0.830. The molecule has 0 saturated heterocycles. The lowest BCUT2D eigenvalue weighted by atomic mass is 9.92. The highest BCUT2D eigenvalue weighted by molar-refractivity contribution is 7.90. The lowest BCUT2D eigenvalue weighted by molar-refractivity contribution is 0.0915. The van der Waals surface area contributed by atoms with Crippen LogP contribution < -0.4 is 0 Å². The van der Waals surface area contributed by atoms with Gasteiger partial charge in [0.05, 0.1) is 16.0 Å². The highest BCUT2D eigenvalue weighted by Crippen LogP contribution is 2.36. The normalized spacial score (nSPS) is 14.5. The first-order valence-electron chi connectivity index (χ1n) is 11.1. The van der Waals surface area contributed by atoms with Crippen molar-refractivity contribution in [2.75, 3.05) is 0 Å². The van der Waals surface area contributed by atoms with Crippen LogP contribution in [-0.4, -0.2) is 24.0 Å². The number of carbonyl (C=O) groups excluding carboxylic acids is 2. The van der Waals surface area contributed by atoms with Gasteiger partial charge in [-0.15, -0.1) is 0 Å². The van der Waals surface area contributed by atoms with Crippen molar-refractivity contribution in [3.8, 4) is 0 Å². The second-order valence-electron chi connectivity index (χ2n) is 8.36. The molecule has 33 heavy (non-hydrogen) atoms. The standard InChI is InChI=1S/C27H23NO4S/c29-26(19-13-7-8-14-19)24-22-17-9-10-18-23(22)28(33(31,32)21-15-5-2-6-16-21)25(24)27(30)20-11-3-1-4-12-20/h1-6,9-12,15-19H,7-8,13-14H2. The summed E-state index contributed by atoms with van der Waals surface area (Å²) in [7, 11) is -4.14. The second kappa shape index (κ2) is 8.45. The first-order valence-corrected chi connectivity index (χ1v) is 12.5. The van der Waals surface area contributed by atoms with Gasteiger partial charge in [0.25, 0.3) is 10.0 Å². The summed E-state index contributed by atoms with van der Waals surface area (Å²) in [5.41, 5.74) is 0.807. The number of aromatic nitrogens is 1. The van der Waals surface area contributed by atoms with E-state index in [1.807, 2.05) is 0 Å². The van der Waals surface area contributed by atoms with Crippen LogP contribution in [0.4, 0.5) is 0 Å². The smallest absolute Gasteiger partial charge is 0.268 e. The predicted octanol–water partition coefficient (Wildman–Crippen LogP) is 5.48. The minimum absolute atomic E-state index is 0.0627. The maximum Gasteiger partial charge on any atom is 0.268 e. The molecule has 0 N–H and O–H groups in total. The predicted molar refractivity (Wildman–Crippen MR) is 127 cm³/mol. The molecule has 3 aromatic carbocycles. The van der Waals surface area contributed by atoms with Crippen molar-refractivity contribution in [1.82, 2.24) is 3.97 Å². The fourth-order valence-electron chi connectivity index (χ4n) is 4.73. The van der Waals surface area contributed by atoms with Crippen LogP contribution in [0.3, 0.4) is 0 Å². The van der Waals surface area contributed by atoms with E-state index in [0.717, 1.165) is 29.7 Å². The Morgan fingerprint density at radius 1 is 0.758 bits per heavy atom. The van der Waals surface area contributed by atoms with Gasteiger partial charge in [-0.2, -0.15) is 0 Å². The van der Waals surface area contributed by atoms with E-state index in [1.165, 1.54) is 12.1 Å². The number of ketones is 2. The largest absolute Gasteiger partial charge is 0.294 e. The summed E-state index contributed by atoms with van der Waals surface area (Å²) in [5, 5.41) is 0.494. The molecule has 0 spiro atoms. The number of hydrogen-bond donors (Lipinski definition) is 0. The number of fused-ring (bicyclic) bond motifs is 1. The number of Topliss-reactive ketones (excluding diaryl/α,β-unsaturated/α-hetero) is 1. The van der Waals surface area contributed by atoms with Gasteiger partial charge in [-0.3, -0.25) is 9.59 Å². The topological polar surface area (TPSA) is 73.2 Å². The van der Waals surface area contributed by atoms with Crippen LogP contribution in [0.25, 0.3) is 10.9 Å². The van der Waals surface area contributed by atoms with E-state index in [1.54, 1.807) is 72.8 Å². The number of nitrogens with zero attached hydrogens (tertiary/aromatic N) is 1. The highest BCUT2D eigenvalue weighted by atomic mass is 32.2. The molecule has 0 bridgehead atoms. The molecular formula is C27H23NO4S. The van der Waals surface area contributed by atoms with Crippen LogP contribution >= 0.6 is 0 Å². The average Bonchev–Trinajstić information content (AvgIpc) is 3.51. The Morgan fingerprint density at radius 2 is 1.33 bits per heavy atom. The monoisotopic (exact) mass is 457 g/mol. The van der Waals surface area contributed by atoms with Crippen molar-refractivity contribution in [3.05, 3.63) is 102 Å². The van der Waals surface area contributed by atoms with Crippen molar-refractivity contribution in [1.29, 1.82) is 0 Å². The zero-order valence-electron chi connectivity index (χ0n) is 18.0. The molecule has 1 saturated carbocycles. The summed E-state index contributed by atoms with van der Waals surface area (Å²) >= 11 is 0. The van der Waals surface area contributed by atoms with Crippen LogP contribution in [0.1, 0.15) is 52.1 Å². The highest BCUT2D eigenvalue weighted by Gasteiger charge is 2.36.